The first-order valence-electron chi connectivity index (χ1n) is 12.3. The van der Waals surface area contributed by atoms with E-state index in [2.05, 4.69) is 5.16 Å². The maximum absolute atomic E-state index is 13.2. The number of rotatable bonds is 7. The van der Waals surface area contributed by atoms with Crippen molar-refractivity contribution in [3.63, 3.8) is 0 Å². The molecule has 2 fully saturated rings. The molecule has 11 heteroatoms. The zero-order valence-corrected chi connectivity index (χ0v) is 22.0. The molecule has 0 bridgehead atoms. The zero-order chi connectivity index (χ0) is 25.9. The average Bonchev–Trinajstić information content (AvgIpc) is 3.66. The molecule has 1 atom stereocenters. The summed E-state index contributed by atoms with van der Waals surface area (Å²) >= 11 is 7.79. The molecule has 0 saturated carbocycles. The van der Waals surface area contributed by atoms with Gasteiger partial charge >= 0.3 is 5.97 Å². The van der Waals surface area contributed by atoms with Crippen molar-refractivity contribution >= 4 is 40.7 Å². The number of halogens is 1. The van der Waals surface area contributed by atoms with E-state index in [0.717, 1.165) is 23.4 Å². The molecular formula is C26H27ClN4O5S. The molecule has 2 saturated heterocycles. The highest BCUT2D eigenvalue weighted by Gasteiger charge is 2.38. The van der Waals surface area contributed by atoms with Crippen molar-refractivity contribution in [1.82, 2.24) is 19.9 Å². The summed E-state index contributed by atoms with van der Waals surface area (Å²) in [6.45, 7) is 4.09. The van der Waals surface area contributed by atoms with Gasteiger partial charge in [-0.25, -0.2) is 9.78 Å². The predicted molar refractivity (Wildman–Crippen MR) is 137 cm³/mol. The monoisotopic (exact) mass is 542 g/mol. The van der Waals surface area contributed by atoms with Gasteiger partial charge in [-0.15, -0.1) is 11.3 Å². The average molecular weight is 543 g/mol. The van der Waals surface area contributed by atoms with Crippen LogP contribution in [0.2, 0.25) is 5.02 Å². The van der Waals surface area contributed by atoms with Gasteiger partial charge in [-0.3, -0.25) is 9.59 Å². The highest BCUT2D eigenvalue weighted by molar-refractivity contribution is 7.10. The number of hydrogen-bond acceptors (Lipinski definition) is 8. The van der Waals surface area contributed by atoms with Gasteiger partial charge in [-0.2, -0.15) is 0 Å². The number of hydrogen-bond donors (Lipinski definition) is 0. The van der Waals surface area contributed by atoms with Gasteiger partial charge in [0.1, 0.15) is 5.69 Å². The summed E-state index contributed by atoms with van der Waals surface area (Å²) in [5, 5.41) is 7.26. The third kappa shape index (κ3) is 5.55. The fraction of sp³-hybridized carbons (Fsp3) is 0.423. The Bertz CT molecular complexity index is 1300. The van der Waals surface area contributed by atoms with Gasteiger partial charge in [0.25, 0.3) is 0 Å². The van der Waals surface area contributed by atoms with E-state index in [1.54, 1.807) is 11.8 Å². The molecule has 0 N–H and O–H groups in total. The minimum Gasteiger partial charge on any atom is -0.461 e. The van der Waals surface area contributed by atoms with E-state index in [1.807, 2.05) is 34.5 Å². The second-order valence-electron chi connectivity index (χ2n) is 9.23. The minimum atomic E-state index is -0.527. The molecule has 9 nitrogen and oxygen atoms in total. The molecule has 194 valence electrons. The van der Waals surface area contributed by atoms with Gasteiger partial charge in [0.05, 0.1) is 17.5 Å². The van der Waals surface area contributed by atoms with Crippen molar-refractivity contribution < 1.29 is 23.6 Å². The van der Waals surface area contributed by atoms with E-state index >= 15 is 0 Å². The number of esters is 1. The number of amides is 2. The predicted octanol–water partition coefficient (Wildman–Crippen LogP) is 4.38. The number of piperidine rings is 1. The fourth-order valence-corrected chi connectivity index (χ4v) is 5.99. The maximum Gasteiger partial charge on any atom is 0.360 e. The number of carbonyl (C=O) groups is 3. The Morgan fingerprint density at radius 1 is 1.24 bits per heavy atom. The number of thiazole rings is 1. The fourth-order valence-electron chi connectivity index (χ4n) is 4.81. The molecule has 2 amide bonds. The third-order valence-electron chi connectivity index (χ3n) is 6.81. The molecule has 0 spiro atoms. The van der Waals surface area contributed by atoms with Crippen LogP contribution in [0.4, 0.5) is 0 Å². The van der Waals surface area contributed by atoms with Crippen LogP contribution in [0.3, 0.4) is 0 Å². The first-order chi connectivity index (χ1) is 17.9. The quantitative estimate of drug-likeness (QED) is 0.408. The number of carbonyl (C=O) groups excluding carboxylic acids is 3. The summed E-state index contributed by atoms with van der Waals surface area (Å²) < 4.78 is 10.2. The van der Waals surface area contributed by atoms with Crippen molar-refractivity contribution in [2.45, 2.75) is 38.6 Å². The normalized spacial score (nSPS) is 18.4. The summed E-state index contributed by atoms with van der Waals surface area (Å²) in [6, 6.07) is 9.00. The van der Waals surface area contributed by atoms with Gasteiger partial charge in [0.15, 0.2) is 11.5 Å². The second kappa shape index (κ2) is 11.0. The van der Waals surface area contributed by atoms with Crippen molar-refractivity contribution in [2.75, 3.05) is 26.2 Å². The lowest BCUT2D eigenvalue weighted by molar-refractivity contribution is -0.136. The summed E-state index contributed by atoms with van der Waals surface area (Å²) in [7, 11) is 0. The Labute approximate surface area is 223 Å². The lowest BCUT2D eigenvalue weighted by Crippen LogP contribution is -2.42. The number of benzene rings is 1. The summed E-state index contributed by atoms with van der Waals surface area (Å²) in [5.74, 6) is -0.162. The highest BCUT2D eigenvalue weighted by atomic mass is 35.5. The first kappa shape index (κ1) is 25.4. The van der Waals surface area contributed by atoms with Crippen molar-refractivity contribution in [3.8, 4) is 11.5 Å². The van der Waals surface area contributed by atoms with Gasteiger partial charge in [0.2, 0.25) is 11.8 Å². The molecule has 2 aliphatic rings. The smallest absolute Gasteiger partial charge is 0.360 e. The van der Waals surface area contributed by atoms with E-state index in [1.165, 1.54) is 17.4 Å². The van der Waals surface area contributed by atoms with Gasteiger partial charge in [-0.1, -0.05) is 35.0 Å². The topological polar surface area (TPSA) is 106 Å². The van der Waals surface area contributed by atoms with Crippen molar-refractivity contribution in [3.05, 3.63) is 57.0 Å². The van der Waals surface area contributed by atoms with Gasteiger partial charge in [0, 0.05) is 55.0 Å². The van der Waals surface area contributed by atoms with Crippen LogP contribution in [-0.2, 0) is 20.9 Å². The first-order valence-corrected chi connectivity index (χ1v) is 13.6. The van der Waals surface area contributed by atoms with Crippen LogP contribution in [0, 0.1) is 5.92 Å². The van der Waals surface area contributed by atoms with E-state index in [-0.39, 0.29) is 42.4 Å². The molecule has 0 radical (unpaired) electrons. The largest absolute Gasteiger partial charge is 0.461 e. The Kier molecular flexibility index (Phi) is 7.57. The SMILES string of the molecule is CCOC(=O)c1cc(-c2csc(C3CCN(C(=O)C4CC(=O)N(Cc5ccccc5Cl)C4)CC3)n2)on1. The van der Waals surface area contributed by atoms with Crippen LogP contribution in [0.25, 0.3) is 11.5 Å². The van der Waals surface area contributed by atoms with Crippen LogP contribution >= 0.6 is 22.9 Å². The summed E-state index contributed by atoms with van der Waals surface area (Å²) in [5.41, 5.74) is 1.63. The van der Waals surface area contributed by atoms with Gasteiger partial charge < -0.3 is 19.1 Å². The molecule has 2 aromatic heterocycles. The lowest BCUT2D eigenvalue weighted by atomic mass is 9.96. The van der Waals surface area contributed by atoms with Crippen molar-refractivity contribution in [1.29, 1.82) is 0 Å². The Morgan fingerprint density at radius 3 is 2.78 bits per heavy atom. The molecule has 0 aliphatic carbocycles. The maximum atomic E-state index is 13.2. The molecule has 2 aliphatic heterocycles. The van der Waals surface area contributed by atoms with Crippen LogP contribution in [0.15, 0.2) is 40.2 Å². The van der Waals surface area contributed by atoms with Crippen LogP contribution in [0.1, 0.15) is 53.2 Å². The molecular weight excluding hydrogens is 516 g/mol. The Hall–Kier alpha value is -3.24. The minimum absolute atomic E-state index is 0.0120. The highest BCUT2D eigenvalue weighted by Crippen LogP contribution is 2.34. The number of aromatic nitrogens is 2. The lowest BCUT2D eigenvalue weighted by Gasteiger charge is -2.32. The molecule has 37 heavy (non-hydrogen) atoms. The van der Waals surface area contributed by atoms with Gasteiger partial charge in [-0.05, 0) is 31.4 Å². The van der Waals surface area contributed by atoms with Crippen LogP contribution in [0.5, 0.6) is 0 Å². The number of nitrogens with zero attached hydrogens (tertiary/aromatic N) is 4. The molecule has 5 rings (SSSR count). The van der Waals surface area contributed by atoms with E-state index in [9.17, 15) is 14.4 Å². The van der Waals surface area contributed by atoms with E-state index in [4.69, 9.17) is 25.8 Å². The second-order valence-corrected chi connectivity index (χ2v) is 10.5. The molecule has 1 unspecified atom stereocenters. The summed E-state index contributed by atoms with van der Waals surface area (Å²) in [6.07, 6.45) is 1.84. The molecule has 4 heterocycles. The number of likely N-dealkylation sites (tertiary alicyclic amines) is 2. The van der Waals surface area contributed by atoms with Crippen LogP contribution in [-0.4, -0.2) is 64.0 Å². The zero-order valence-electron chi connectivity index (χ0n) is 20.4. The third-order valence-corrected chi connectivity index (χ3v) is 8.18. The van der Waals surface area contributed by atoms with Crippen LogP contribution < -0.4 is 0 Å². The summed E-state index contributed by atoms with van der Waals surface area (Å²) in [4.78, 5) is 45.9. The van der Waals surface area contributed by atoms with Crippen molar-refractivity contribution in [2.24, 2.45) is 5.92 Å². The number of ether oxygens (including phenoxy) is 1. The Morgan fingerprint density at radius 2 is 2.03 bits per heavy atom. The molecule has 1 aromatic carbocycles. The van der Waals surface area contributed by atoms with E-state index in [0.29, 0.717) is 42.7 Å². The standard InChI is InChI=1S/C26H27ClN4O5S/c1-2-35-26(34)20-12-22(36-29-20)21-15-37-24(28-21)16-7-9-30(10-8-16)25(33)18-11-23(32)31(14-18)13-17-5-3-4-6-19(17)27/h3-6,12,15-16,18H,2,7-11,13-14H2,1H3. The van der Waals surface area contributed by atoms with E-state index < -0.39 is 5.97 Å². The molecule has 3 aromatic rings. The Balaban J connectivity index is 1.15.